The highest BCUT2D eigenvalue weighted by atomic mass is 16.5. The van der Waals surface area contributed by atoms with Gasteiger partial charge in [0.25, 0.3) is 0 Å². The first-order valence-electron chi connectivity index (χ1n) is 7.65. The summed E-state index contributed by atoms with van der Waals surface area (Å²) in [6.07, 6.45) is 0. The van der Waals surface area contributed by atoms with Crippen molar-refractivity contribution in [1.29, 1.82) is 0 Å². The molecule has 7 heteroatoms. The Bertz CT molecular complexity index is 500. The number of guanidine groups is 1. The number of benzene rings is 1. The van der Waals surface area contributed by atoms with Crippen molar-refractivity contribution in [1.82, 2.24) is 16.0 Å². The molecule has 23 heavy (non-hydrogen) atoms. The lowest BCUT2D eigenvalue weighted by atomic mass is 10.2. The third-order valence-corrected chi connectivity index (χ3v) is 2.91. The van der Waals surface area contributed by atoms with E-state index in [1.54, 1.807) is 14.2 Å². The van der Waals surface area contributed by atoms with E-state index in [2.05, 4.69) is 26.3 Å². The topological polar surface area (TPSA) is 86.8 Å². The summed E-state index contributed by atoms with van der Waals surface area (Å²) < 4.78 is 4.98. The van der Waals surface area contributed by atoms with E-state index in [9.17, 15) is 4.79 Å². The molecule has 0 heterocycles. The molecule has 1 aromatic rings. The van der Waals surface area contributed by atoms with Crippen molar-refractivity contribution in [3.05, 3.63) is 29.8 Å². The van der Waals surface area contributed by atoms with Crippen LogP contribution in [0.15, 0.2) is 29.3 Å². The summed E-state index contributed by atoms with van der Waals surface area (Å²) in [5, 5.41) is 11.9. The molecule has 0 fully saturated rings. The van der Waals surface area contributed by atoms with Gasteiger partial charge in [0.15, 0.2) is 5.96 Å². The average Bonchev–Trinajstić information content (AvgIpc) is 2.51. The van der Waals surface area contributed by atoms with Crippen molar-refractivity contribution in [2.24, 2.45) is 4.99 Å². The van der Waals surface area contributed by atoms with Gasteiger partial charge in [-0.05, 0) is 31.5 Å². The number of anilines is 1. The fourth-order valence-electron chi connectivity index (χ4n) is 1.81. The molecule has 0 aromatic heterocycles. The predicted octanol–water partition coefficient (Wildman–Crippen LogP) is 1.53. The molecule has 0 aliphatic heterocycles. The predicted molar refractivity (Wildman–Crippen MR) is 93.8 cm³/mol. The molecule has 4 N–H and O–H groups in total. The quantitative estimate of drug-likeness (QED) is 0.348. The zero-order valence-corrected chi connectivity index (χ0v) is 14.3. The van der Waals surface area contributed by atoms with Crippen molar-refractivity contribution < 1.29 is 9.53 Å². The van der Waals surface area contributed by atoms with E-state index in [-0.39, 0.29) is 12.1 Å². The number of urea groups is 1. The van der Waals surface area contributed by atoms with Crippen LogP contribution in [-0.4, -0.2) is 45.3 Å². The van der Waals surface area contributed by atoms with Crippen LogP contribution in [0.25, 0.3) is 0 Å². The average molecular weight is 321 g/mol. The van der Waals surface area contributed by atoms with Gasteiger partial charge in [0, 0.05) is 39.0 Å². The molecule has 0 aliphatic rings. The first-order valence-corrected chi connectivity index (χ1v) is 7.65. The van der Waals surface area contributed by atoms with E-state index in [0.29, 0.717) is 19.7 Å². The standard InChI is InChI=1S/C16H27N5O2/c1-12(2)20-16(22)21-14-7-5-13(6-8-14)11-19-15(17-3)18-9-10-23-4/h5-8,12H,9-11H2,1-4H3,(H2,17,18,19)(H2,20,21,22). The number of carbonyl (C=O) groups is 1. The lowest BCUT2D eigenvalue weighted by Gasteiger charge is -2.12. The minimum absolute atomic E-state index is 0.107. The van der Waals surface area contributed by atoms with Crippen LogP contribution in [0.5, 0.6) is 0 Å². The highest BCUT2D eigenvalue weighted by Crippen LogP contribution is 2.09. The van der Waals surface area contributed by atoms with Gasteiger partial charge in [-0.3, -0.25) is 4.99 Å². The SMILES string of the molecule is CN=C(NCCOC)NCc1ccc(NC(=O)NC(C)C)cc1. The van der Waals surface area contributed by atoms with Gasteiger partial charge in [0.05, 0.1) is 6.61 Å². The highest BCUT2D eigenvalue weighted by molar-refractivity contribution is 5.89. The normalized spacial score (nSPS) is 11.3. The number of amides is 2. The summed E-state index contributed by atoms with van der Waals surface area (Å²) in [7, 11) is 3.39. The molecule has 0 spiro atoms. The third kappa shape index (κ3) is 8.06. The zero-order chi connectivity index (χ0) is 17.1. The number of nitrogens with one attached hydrogen (secondary N) is 4. The Balaban J connectivity index is 2.43. The van der Waals surface area contributed by atoms with E-state index in [4.69, 9.17) is 4.74 Å². The van der Waals surface area contributed by atoms with Gasteiger partial charge < -0.3 is 26.0 Å². The summed E-state index contributed by atoms with van der Waals surface area (Å²) in [4.78, 5) is 15.8. The minimum Gasteiger partial charge on any atom is -0.383 e. The Morgan fingerprint density at radius 2 is 1.91 bits per heavy atom. The van der Waals surface area contributed by atoms with Gasteiger partial charge in [-0.1, -0.05) is 12.1 Å². The van der Waals surface area contributed by atoms with E-state index in [0.717, 1.165) is 17.2 Å². The number of hydrogen-bond donors (Lipinski definition) is 4. The molecule has 7 nitrogen and oxygen atoms in total. The monoisotopic (exact) mass is 321 g/mol. The summed E-state index contributed by atoms with van der Waals surface area (Å²) >= 11 is 0. The number of rotatable bonds is 7. The number of hydrogen-bond acceptors (Lipinski definition) is 3. The maximum Gasteiger partial charge on any atom is 0.319 e. The van der Waals surface area contributed by atoms with Crippen LogP contribution in [0.3, 0.4) is 0 Å². The van der Waals surface area contributed by atoms with Crippen molar-refractivity contribution in [3.8, 4) is 0 Å². The summed E-state index contributed by atoms with van der Waals surface area (Å²) in [6, 6.07) is 7.57. The van der Waals surface area contributed by atoms with Gasteiger partial charge in [-0.15, -0.1) is 0 Å². The van der Waals surface area contributed by atoms with E-state index < -0.39 is 0 Å². The van der Waals surface area contributed by atoms with E-state index in [1.165, 1.54) is 0 Å². The smallest absolute Gasteiger partial charge is 0.319 e. The molecule has 0 unspecified atom stereocenters. The van der Waals surface area contributed by atoms with E-state index in [1.807, 2.05) is 38.1 Å². The van der Waals surface area contributed by atoms with Crippen LogP contribution >= 0.6 is 0 Å². The first-order chi connectivity index (χ1) is 11.0. The second-order valence-corrected chi connectivity index (χ2v) is 5.30. The van der Waals surface area contributed by atoms with Crippen LogP contribution in [0.4, 0.5) is 10.5 Å². The largest absolute Gasteiger partial charge is 0.383 e. The van der Waals surface area contributed by atoms with Crippen LogP contribution < -0.4 is 21.3 Å². The molecule has 0 bridgehead atoms. The lowest BCUT2D eigenvalue weighted by Crippen LogP contribution is -2.38. The first kappa shape index (κ1) is 18.8. The Hall–Kier alpha value is -2.28. The van der Waals surface area contributed by atoms with Crippen LogP contribution in [0.2, 0.25) is 0 Å². The second-order valence-electron chi connectivity index (χ2n) is 5.30. The van der Waals surface area contributed by atoms with Gasteiger partial charge in [-0.2, -0.15) is 0 Å². The maximum absolute atomic E-state index is 11.6. The van der Waals surface area contributed by atoms with Crippen molar-refractivity contribution in [2.45, 2.75) is 26.4 Å². The van der Waals surface area contributed by atoms with Gasteiger partial charge >= 0.3 is 6.03 Å². The number of nitrogens with zero attached hydrogens (tertiary/aromatic N) is 1. The molecule has 0 radical (unpaired) electrons. The molecular weight excluding hydrogens is 294 g/mol. The fourth-order valence-corrected chi connectivity index (χ4v) is 1.81. The van der Waals surface area contributed by atoms with Gasteiger partial charge in [-0.25, -0.2) is 4.79 Å². The molecule has 0 saturated heterocycles. The van der Waals surface area contributed by atoms with Crippen LogP contribution in [0.1, 0.15) is 19.4 Å². The lowest BCUT2D eigenvalue weighted by molar-refractivity contribution is 0.203. The Kier molecular flexibility index (Phi) is 8.52. The van der Waals surface area contributed by atoms with Gasteiger partial charge in [0.1, 0.15) is 0 Å². The molecule has 128 valence electrons. The van der Waals surface area contributed by atoms with Crippen molar-refractivity contribution in [3.63, 3.8) is 0 Å². The number of carbonyl (C=O) groups excluding carboxylic acids is 1. The van der Waals surface area contributed by atoms with E-state index >= 15 is 0 Å². The second kappa shape index (κ2) is 10.4. The Labute approximate surface area is 137 Å². The van der Waals surface area contributed by atoms with Crippen molar-refractivity contribution >= 4 is 17.7 Å². The molecule has 0 aliphatic carbocycles. The Morgan fingerprint density at radius 3 is 2.48 bits per heavy atom. The Morgan fingerprint density at radius 1 is 1.22 bits per heavy atom. The van der Waals surface area contributed by atoms with Crippen molar-refractivity contribution in [2.75, 3.05) is 32.6 Å². The summed E-state index contributed by atoms with van der Waals surface area (Å²) in [5.74, 6) is 0.723. The van der Waals surface area contributed by atoms with Crippen LogP contribution in [0, 0.1) is 0 Å². The minimum atomic E-state index is -0.200. The molecular formula is C16H27N5O2. The number of ether oxygens (including phenoxy) is 1. The summed E-state index contributed by atoms with van der Waals surface area (Å²) in [5.41, 5.74) is 1.85. The molecule has 2 amide bonds. The molecule has 0 saturated carbocycles. The number of aliphatic imine (C=N–C) groups is 1. The third-order valence-electron chi connectivity index (χ3n) is 2.91. The fraction of sp³-hybridized carbons (Fsp3) is 0.500. The molecule has 0 atom stereocenters. The highest BCUT2D eigenvalue weighted by Gasteiger charge is 2.03. The number of methoxy groups -OCH3 is 1. The van der Waals surface area contributed by atoms with Gasteiger partial charge in [0.2, 0.25) is 0 Å². The van der Waals surface area contributed by atoms with Crippen LogP contribution in [-0.2, 0) is 11.3 Å². The molecule has 1 aromatic carbocycles. The molecule has 1 rings (SSSR count). The maximum atomic E-state index is 11.6. The summed E-state index contributed by atoms with van der Waals surface area (Å²) in [6.45, 7) is 5.80. The zero-order valence-electron chi connectivity index (χ0n) is 14.3.